The molecule has 1 saturated carbocycles. The van der Waals surface area contributed by atoms with Crippen molar-refractivity contribution >= 4 is 39.9 Å². The molecular weight excluding hydrogens is 560 g/mol. The molecule has 2 fully saturated rings. The van der Waals surface area contributed by atoms with Crippen molar-refractivity contribution in [2.45, 2.75) is 65.0 Å². The molecule has 1 aliphatic heterocycles. The van der Waals surface area contributed by atoms with Crippen molar-refractivity contribution < 1.29 is 4.52 Å². The lowest BCUT2D eigenvalue weighted by molar-refractivity contribution is 0.266. The third-order valence-corrected chi connectivity index (χ3v) is 9.43. The summed E-state index contributed by atoms with van der Waals surface area (Å²) in [4.78, 5) is 36.3. The van der Waals surface area contributed by atoms with Gasteiger partial charge in [-0.2, -0.15) is 0 Å². The second-order valence-corrected chi connectivity index (χ2v) is 12.8. The van der Waals surface area contributed by atoms with Gasteiger partial charge in [-0.3, -0.25) is 14.5 Å². The number of aromatic amines is 1. The first-order chi connectivity index (χ1) is 19.9. The number of aromatic nitrogens is 7. The number of hydrogen-bond acceptors (Lipinski definition) is 9. The molecule has 41 heavy (non-hydrogen) atoms. The Morgan fingerprint density at radius 1 is 1.12 bits per heavy atom. The van der Waals surface area contributed by atoms with E-state index < -0.39 is 5.76 Å². The fraction of sp³-hybridized carbons (Fsp3) is 0.448. The summed E-state index contributed by atoms with van der Waals surface area (Å²) in [5.74, 6) is 1.85. The standard InChI is InChI=1S/C29H31ClN8O2S/c1-16-5-7-18(8-6-16)14-38-26-21(34-28(38)37-9-3-4-24(37)23-15-41-17(2)32-23)11-22(27-35-29(39)40-36-27)33-25(26)19-10-20(30)13-31-12-19/h10-13,15-16,18,24H,3-9,14H2,1-2H3,(H,35,36,39). The first-order valence-corrected chi connectivity index (χ1v) is 15.5. The molecule has 212 valence electrons. The fourth-order valence-electron chi connectivity index (χ4n) is 6.36. The topological polar surface area (TPSA) is 119 Å². The maximum Gasteiger partial charge on any atom is 0.439 e. The lowest BCUT2D eigenvalue weighted by atomic mass is 9.83. The van der Waals surface area contributed by atoms with Crippen molar-refractivity contribution in [3.63, 3.8) is 0 Å². The zero-order chi connectivity index (χ0) is 28.1. The van der Waals surface area contributed by atoms with E-state index in [4.69, 9.17) is 31.1 Å². The number of anilines is 1. The summed E-state index contributed by atoms with van der Waals surface area (Å²) in [6, 6.07) is 3.91. The van der Waals surface area contributed by atoms with Crippen LogP contribution in [0.4, 0.5) is 5.95 Å². The van der Waals surface area contributed by atoms with Crippen LogP contribution in [0.25, 0.3) is 33.8 Å². The highest BCUT2D eigenvalue weighted by molar-refractivity contribution is 7.09. The summed E-state index contributed by atoms with van der Waals surface area (Å²) in [6.45, 7) is 6.15. The molecular formula is C29H31ClN8O2S. The summed E-state index contributed by atoms with van der Waals surface area (Å²) in [5, 5.41) is 7.67. The van der Waals surface area contributed by atoms with E-state index in [1.165, 1.54) is 25.7 Å². The number of H-pyrrole nitrogens is 1. The zero-order valence-corrected chi connectivity index (χ0v) is 24.6. The van der Waals surface area contributed by atoms with Crippen LogP contribution in [0.2, 0.25) is 5.02 Å². The van der Waals surface area contributed by atoms with Crippen LogP contribution < -0.4 is 10.7 Å². The van der Waals surface area contributed by atoms with Crippen molar-refractivity contribution in [3.05, 3.63) is 56.2 Å². The maximum absolute atomic E-state index is 11.8. The number of hydrogen-bond donors (Lipinski definition) is 1. The van der Waals surface area contributed by atoms with Gasteiger partial charge in [0.05, 0.1) is 38.5 Å². The Kier molecular flexibility index (Phi) is 6.86. The Morgan fingerprint density at radius 3 is 2.71 bits per heavy atom. The number of rotatable bonds is 6. The monoisotopic (exact) mass is 590 g/mol. The first kappa shape index (κ1) is 26.3. The molecule has 7 rings (SSSR count). The molecule has 1 N–H and O–H groups in total. The molecule has 0 bridgehead atoms. The van der Waals surface area contributed by atoms with Gasteiger partial charge in [-0.1, -0.05) is 36.5 Å². The quantitative estimate of drug-likeness (QED) is 0.240. The molecule has 6 heterocycles. The molecule has 2 aliphatic rings. The summed E-state index contributed by atoms with van der Waals surface area (Å²) in [6.07, 6.45) is 10.3. The minimum absolute atomic E-state index is 0.164. The van der Waals surface area contributed by atoms with Crippen LogP contribution in [0, 0.1) is 18.8 Å². The van der Waals surface area contributed by atoms with Crippen LogP contribution in [0.1, 0.15) is 62.2 Å². The van der Waals surface area contributed by atoms with Gasteiger partial charge >= 0.3 is 5.76 Å². The van der Waals surface area contributed by atoms with Crippen molar-refractivity contribution in [2.24, 2.45) is 11.8 Å². The Balaban J connectivity index is 1.44. The van der Waals surface area contributed by atoms with E-state index in [-0.39, 0.29) is 11.9 Å². The third kappa shape index (κ3) is 5.05. The second-order valence-electron chi connectivity index (χ2n) is 11.4. The largest absolute Gasteiger partial charge is 0.439 e. The average Bonchev–Trinajstić information content (AvgIpc) is 3.76. The zero-order valence-electron chi connectivity index (χ0n) is 23.0. The van der Waals surface area contributed by atoms with Crippen molar-refractivity contribution in [2.75, 3.05) is 11.4 Å². The molecule has 10 nitrogen and oxygen atoms in total. The van der Waals surface area contributed by atoms with Gasteiger partial charge < -0.3 is 9.47 Å². The van der Waals surface area contributed by atoms with Crippen molar-refractivity contribution in [3.8, 4) is 22.8 Å². The lowest BCUT2D eigenvalue weighted by Crippen LogP contribution is -2.28. The van der Waals surface area contributed by atoms with Crippen molar-refractivity contribution in [1.29, 1.82) is 0 Å². The van der Waals surface area contributed by atoms with Gasteiger partial charge in [0, 0.05) is 36.4 Å². The highest BCUT2D eigenvalue weighted by Gasteiger charge is 2.33. The van der Waals surface area contributed by atoms with Crippen LogP contribution in [0.15, 0.2) is 39.2 Å². The number of thiazole rings is 1. The van der Waals surface area contributed by atoms with Crippen LogP contribution in [0.5, 0.6) is 0 Å². The van der Waals surface area contributed by atoms with E-state index >= 15 is 0 Å². The number of nitrogens with one attached hydrogen (secondary N) is 1. The molecule has 1 aliphatic carbocycles. The number of fused-ring (bicyclic) bond motifs is 1. The molecule has 0 amide bonds. The average molecular weight is 591 g/mol. The summed E-state index contributed by atoms with van der Waals surface area (Å²) >= 11 is 8.10. The van der Waals surface area contributed by atoms with E-state index in [0.29, 0.717) is 22.3 Å². The van der Waals surface area contributed by atoms with Crippen LogP contribution in [-0.4, -0.2) is 41.2 Å². The van der Waals surface area contributed by atoms with E-state index in [2.05, 4.69) is 43.8 Å². The molecule has 0 radical (unpaired) electrons. The Labute approximate surface area is 245 Å². The number of imidazole rings is 1. The number of nitrogens with zero attached hydrogens (tertiary/aromatic N) is 7. The lowest BCUT2D eigenvalue weighted by Gasteiger charge is -2.30. The minimum atomic E-state index is -0.635. The normalized spacial score (nSPS) is 21.2. The summed E-state index contributed by atoms with van der Waals surface area (Å²) < 4.78 is 7.17. The SMILES string of the molecule is Cc1nc(C2CCCN2c2nc3cc(-c4noc(=O)[nH]4)nc(-c4cncc(Cl)c4)c3n2CC2CCC(C)CC2)cs1. The van der Waals surface area contributed by atoms with E-state index in [9.17, 15) is 4.79 Å². The molecule has 1 unspecified atom stereocenters. The maximum atomic E-state index is 11.8. The molecule has 12 heteroatoms. The molecule has 1 saturated heterocycles. The fourth-order valence-corrected chi connectivity index (χ4v) is 7.19. The van der Waals surface area contributed by atoms with Gasteiger partial charge in [0.15, 0.2) is 0 Å². The Bertz CT molecular complexity index is 1770. The Morgan fingerprint density at radius 2 is 1.98 bits per heavy atom. The highest BCUT2D eigenvalue weighted by Crippen LogP contribution is 2.41. The number of halogens is 1. The van der Waals surface area contributed by atoms with E-state index in [0.717, 1.165) is 65.1 Å². The van der Waals surface area contributed by atoms with Gasteiger partial charge in [0.1, 0.15) is 5.69 Å². The highest BCUT2D eigenvalue weighted by atomic mass is 35.5. The van der Waals surface area contributed by atoms with Crippen LogP contribution in [0.3, 0.4) is 0 Å². The molecule has 1 atom stereocenters. The molecule has 5 aromatic heterocycles. The molecule has 0 aromatic carbocycles. The van der Waals surface area contributed by atoms with Gasteiger partial charge in [-0.15, -0.1) is 11.3 Å². The van der Waals surface area contributed by atoms with E-state index in [1.807, 2.05) is 12.1 Å². The van der Waals surface area contributed by atoms with Gasteiger partial charge in [0.2, 0.25) is 11.8 Å². The number of aryl methyl sites for hydroxylation is 1. The van der Waals surface area contributed by atoms with Crippen LogP contribution in [-0.2, 0) is 6.54 Å². The Hall–Kier alpha value is -3.57. The predicted molar refractivity (Wildman–Crippen MR) is 159 cm³/mol. The molecule has 5 aromatic rings. The number of pyridine rings is 2. The third-order valence-electron chi connectivity index (χ3n) is 8.43. The van der Waals surface area contributed by atoms with Gasteiger partial charge in [-0.05, 0) is 56.6 Å². The summed E-state index contributed by atoms with van der Waals surface area (Å²) in [5.41, 5.74) is 4.74. The molecule has 0 spiro atoms. The first-order valence-electron chi connectivity index (χ1n) is 14.2. The smallest absolute Gasteiger partial charge is 0.334 e. The van der Waals surface area contributed by atoms with E-state index in [1.54, 1.807) is 23.7 Å². The minimum Gasteiger partial charge on any atom is -0.334 e. The van der Waals surface area contributed by atoms with Gasteiger partial charge in [0.25, 0.3) is 0 Å². The second kappa shape index (κ2) is 10.7. The predicted octanol–water partition coefficient (Wildman–Crippen LogP) is 6.42. The van der Waals surface area contributed by atoms with Crippen molar-refractivity contribution in [1.82, 2.24) is 34.6 Å². The van der Waals surface area contributed by atoms with Crippen LogP contribution >= 0.6 is 22.9 Å². The summed E-state index contributed by atoms with van der Waals surface area (Å²) in [7, 11) is 0. The van der Waals surface area contributed by atoms with Gasteiger partial charge in [-0.25, -0.2) is 19.7 Å².